The number of nitrogens with zero attached hydrogens (tertiary/aromatic N) is 1. The highest BCUT2D eigenvalue weighted by molar-refractivity contribution is 6.02. The van der Waals surface area contributed by atoms with Gasteiger partial charge in [0.25, 0.3) is 5.91 Å². The van der Waals surface area contributed by atoms with Crippen LogP contribution < -0.4 is 21.3 Å². The first-order chi connectivity index (χ1) is 12.9. The number of benzene rings is 1. The molecular formula is C17H22F6N4O. The summed E-state index contributed by atoms with van der Waals surface area (Å²) in [4.78, 5) is 14.0. The van der Waals surface area contributed by atoms with E-state index >= 15 is 0 Å². The summed E-state index contributed by atoms with van der Waals surface area (Å²) in [6, 6.07) is 2.85. The topological polar surface area (TPSA) is 70.4 Å². The number of nitrogens with one attached hydrogen (secondary N) is 2. The minimum atomic E-state index is -4.41. The standard InChI is InChI=1S/C17H22F6N4O/c1-25-13-9-14(27-6-2-10(3-7-27)17(21,22)23)11(8-12(13)24)15(28)26-5-4-16(18,19)20/h8-10,25H,2-7,24H2,1H3,(H,26,28). The Morgan fingerprint density at radius 3 is 2.29 bits per heavy atom. The summed E-state index contributed by atoms with van der Waals surface area (Å²) in [5.41, 5.74) is 6.90. The van der Waals surface area contributed by atoms with Crippen molar-refractivity contribution in [2.75, 3.05) is 42.6 Å². The van der Waals surface area contributed by atoms with Crippen molar-refractivity contribution in [2.45, 2.75) is 31.6 Å². The number of carbonyl (C=O) groups is 1. The lowest BCUT2D eigenvalue weighted by Crippen LogP contribution is -2.40. The number of hydrogen-bond acceptors (Lipinski definition) is 4. The van der Waals surface area contributed by atoms with E-state index in [1.165, 1.54) is 12.1 Å². The zero-order valence-corrected chi connectivity index (χ0v) is 15.2. The number of carbonyl (C=O) groups excluding carboxylic acids is 1. The molecule has 2 rings (SSSR count). The Bertz CT molecular complexity index is 696. The average Bonchev–Trinajstić information content (AvgIpc) is 2.59. The van der Waals surface area contributed by atoms with Gasteiger partial charge in [-0.25, -0.2) is 0 Å². The molecule has 0 radical (unpaired) electrons. The van der Waals surface area contributed by atoms with Gasteiger partial charge in [-0.15, -0.1) is 0 Å². The van der Waals surface area contributed by atoms with E-state index in [4.69, 9.17) is 5.73 Å². The number of rotatable bonds is 5. The Kier molecular flexibility index (Phi) is 6.56. The number of anilines is 3. The average molecular weight is 412 g/mol. The maximum atomic E-state index is 12.9. The Labute approximate surface area is 158 Å². The number of halogens is 6. The van der Waals surface area contributed by atoms with Gasteiger partial charge in [-0.3, -0.25) is 4.79 Å². The molecule has 0 aromatic heterocycles. The third-order valence-electron chi connectivity index (χ3n) is 4.67. The molecule has 1 amide bonds. The smallest absolute Gasteiger partial charge is 0.391 e. The van der Waals surface area contributed by atoms with Gasteiger partial charge >= 0.3 is 12.4 Å². The Morgan fingerprint density at radius 1 is 1.18 bits per heavy atom. The van der Waals surface area contributed by atoms with Crippen LogP contribution in [0.2, 0.25) is 0 Å². The molecule has 158 valence electrons. The Balaban J connectivity index is 2.21. The zero-order chi connectivity index (χ0) is 21.1. The fraction of sp³-hybridized carbons (Fsp3) is 0.588. The number of nitrogen functional groups attached to an aromatic ring is 1. The maximum Gasteiger partial charge on any atom is 0.391 e. The third-order valence-corrected chi connectivity index (χ3v) is 4.67. The van der Waals surface area contributed by atoms with Gasteiger partial charge in [-0.1, -0.05) is 0 Å². The lowest BCUT2D eigenvalue weighted by molar-refractivity contribution is -0.179. The molecule has 28 heavy (non-hydrogen) atoms. The van der Waals surface area contributed by atoms with E-state index in [1.807, 2.05) is 0 Å². The van der Waals surface area contributed by atoms with Crippen LogP contribution >= 0.6 is 0 Å². The van der Waals surface area contributed by atoms with Gasteiger partial charge in [-0.05, 0) is 25.0 Å². The van der Waals surface area contributed by atoms with Crippen molar-refractivity contribution in [1.29, 1.82) is 0 Å². The number of piperidine rings is 1. The number of amides is 1. The molecule has 1 fully saturated rings. The van der Waals surface area contributed by atoms with Crippen LogP contribution in [0.1, 0.15) is 29.6 Å². The van der Waals surface area contributed by atoms with E-state index in [1.54, 1.807) is 11.9 Å². The monoisotopic (exact) mass is 412 g/mol. The molecule has 1 saturated heterocycles. The van der Waals surface area contributed by atoms with Crippen LogP contribution in [0.15, 0.2) is 12.1 Å². The second-order valence-corrected chi connectivity index (χ2v) is 6.63. The normalized spacial score (nSPS) is 16.2. The van der Waals surface area contributed by atoms with Gasteiger partial charge in [0, 0.05) is 26.7 Å². The van der Waals surface area contributed by atoms with Gasteiger partial charge in [0.2, 0.25) is 0 Å². The molecule has 1 aromatic carbocycles. The molecule has 0 atom stereocenters. The highest BCUT2D eigenvalue weighted by Crippen LogP contribution is 2.37. The van der Waals surface area contributed by atoms with Gasteiger partial charge in [0.05, 0.1) is 35.0 Å². The van der Waals surface area contributed by atoms with Crippen molar-refractivity contribution in [3.8, 4) is 0 Å². The van der Waals surface area contributed by atoms with Crippen LogP contribution in [0.4, 0.5) is 43.4 Å². The summed E-state index contributed by atoms with van der Waals surface area (Å²) < 4.78 is 75.5. The minimum absolute atomic E-state index is 0.0316. The molecule has 0 bridgehead atoms. The largest absolute Gasteiger partial charge is 0.397 e. The van der Waals surface area contributed by atoms with Crippen LogP contribution in [-0.2, 0) is 0 Å². The molecule has 5 nitrogen and oxygen atoms in total. The fourth-order valence-corrected chi connectivity index (χ4v) is 3.13. The van der Waals surface area contributed by atoms with Gasteiger partial charge in [0.15, 0.2) is 0 Å². The van der Waals surface area contributed by atoms with Crippen molar-refractivity contribution in [1.82, 2.24) is 5.32 Å². The predicted molar refractivity (Wildman–Crippen MR) is 94.4 cm³/mol. The molecule has 0 aliphatic carbocycles. The highest BCUT2D eigenvalue weighted by Gasteiger charge is 2.41. The van der Waals surface area contributed by atoms with E-state index in [9.17, 15) is 31.1 Å². The van der Waals surface area contributed by atoms with E-state index < -0.39 is 37.1 Å². The van der Waals surface area contributed by atoms with Crippen molar-refractivity contribution in [3.63, 3.8) is 0 Å². The van der Waals surface area contributed by atoms with Crippen molar-refractivity contribution >= 4 is 23.0 Å². The van der Waals surface area contributed by atoms with Crippen LogP contribution in [0, 0.1) is 5.92 Å². The third kappa shape index (κ3) is 5.59. The molecule has 0 saturated carbocycles. The summed E-state index contributed by atoms with van der Waals surface area (Å²) >= 11 is 0. The second-order valence-electron chi connectivity index (χ2n) is 6.63. The highest BCUT2D eigenvalue weighted by atomic mass is 19.4. The molecule has 0 spiro atoms. The minimum Gasteiger partial charge on any atom is -0.397 e. The molecule has 0 unspecified atom stereocenters. The molecule has 1 aromatic rings. The predicted octanol–water partition coefficient (Wildman–Crippen LogP) is 3.77. The first-order valence-corrected chi connectivity index (χ1v) is 8.70. The quantitative estimate of drug-likeness (QED) is 0.509. The second kappa shape index (κ2) is 8.36. The first-order valence-electron chi connectivity index (χ1n) is 8.70. The number of nitrogens with two attached hydrogens (primary N) is 1. The number of hydrogen-bond donors (Lipinski definition) is 3. The van der Waals surface area contributed by atoms with Gasteiger partial charge in [-0.2, -0.15) is 26.3 Å². The zero-order valence-electron chi connectivity index (χ0n) is 15.2. The van der Waals surface area contributed by atoms with E-state index in [0.29, 0.717) is 11.4 Å². The fourth-order valence-electron chi connectivity index (χ4n) is 3.13. The molecule has 1 aliphatic heterocycles. The van der Waals surface area contributed by atoms with Crippen molar-refractivity contribution in [3.05, 3.63) is 17.7 Å². The van der Waals surface area contributed by atoms with E-state index in [-0.39, 0.29) is 37.2 Å². The lowest BCUT2D eigenvalue weighted by Gasteiger charge is -2.35. The van der Waals surface area contributed by atoms with E-state index in [0.717, 1.165) is 0 Å². The summed E-state index contributed by atoms with van der Waals surface area (Å²) in [6.07, 6.45) is -10.1. The molecule has 1 heterocycles. The first kappa shape index (κ1) is 22.0. The summed E-state index contributed by atoms with van der Waals surface area (Å²) in [5.74, 6) is -2.17. The number of alkyl halides is 6. The van der Waals surface area contributed by atoms with Crippen LogP contribution in [0.25, 0.3) is 0 Å². The van der Waals surface area contributed by atoms with Crippen molar-refractivity contribution in [2.24, 2.45) is 5.92 Å². The summed E-state index contributed by atoms with van der Waals surface area (Å²) in [5, 5.41) is 5.02. The van der Waals surface area contributed by atoms with Gasteiger partial charge in [0.1, 0.15) is 0 Å². The Morgan fingerprint density at radius 2 is 1.79 bits per heavy atom. The molecule has 1 aliphatic rings. The summed E-state index contributed by atoms with van der Waals surface area (Å²) in [7, 11) is 1.59. The molecular weight excluding hydrogens is 390 g/mol. The van der Waals surface area contributed by atoms with Crippen molar-refractivity contribution < 1.29 is 31.1 Å². The van der Waals surface area contributed by atoms with Crippen LogP contribution in [0.3, 0.4) is 0 Å². The van der Waals surface area contributed by atoms with Crippen LogP contribution in [0.5, 0.6) is 0 Å². The maximum absolute atomic E-state index is 12.9. The SMILES string of the molecule is CNc1cc(N2CCC(C(F)(F)F)CC2)c(C(=O)NCCC(F)(F)F)cc1N. The van der Waals surface area contributed by atoms with Gasteiger partial charge < -0.3 is 21.3 Å². The summed E-state index contributed by atoms with van der Waals surface area (Å²) in [6.45, 7) is -0.467. The molecule has 11 heteroatoms. The van der Waals surface area contributed by atoms with E-state index in [2.05, 4.69) is 10.6 Å². The van der Waals surface area contributed by atoms with Crippen LogP contribution in [-0.4, -0.2) is 44.9 Å². The lowest BCUT2D eigenvalue weighted by atomic mass is 9.95. The Hall–Kier alpha value is -2.33. The molecule has 4 N–H and O–H groups in total.